The number of alkyl halides is 1. The van der Waals surface area contributed by atoms with Crippen molar-refractivity contribution in [1.29, 1.82) is 0 Å². The van der Waals surface area contributed by atoms with Crippen LogP contribution in [0.2, 0.25) is 0 Å². The molecule has 1 N–H and O–H groups in total. The first kappa shape index (κ1) is 17.2. The number of likely N-dealkylation sites (tertiary alicyclic amines) is 1. The first-order valence-corrected chi connectivity index (χ1v) is 10.0. The van der Waals surface area contributed by atoms with E-state index in [9.17, 15) is 9.59 Å². The number of rotatable bonds is 5. The molecule has 3 aliphatic heterocycles. The largest absolute Gasteiger partial charge is 0.481 e. The van der Waals surface area contributed by atoms with Crippen molar-refractivity contribution in [2.45, 2.75) is 57.0 Å². The second kappa shape index (κ2) is 7.51. The summed E-state index contributed by atoms with van der Waals surface area (Å²) in [6.07, 6.45) is 6.56. The Bertz CT molecular complexity index is 457. The quantitative estimate of drug-likeness (QED) is 0.736. The SMILES string of the molecule is O=C(O)CCC[C@@H]1[C@H]2CCCN3CCC[C@H](CN1C(=O)CBr)[C@@H]23. The summed E-state index contributed by atoms with van der Waals surface area (Å²) in [6, 6.07) is 0.841. The third kappa shape index (κ3) is 3.58. The van der Waals surface area contributed by atoms with E-state index in [2.05, 4.69) is 25.7 Å². The minimum atomic E-state index is -0.736. The van der Waals surface area contributed by atoms with Gasteiger partial charge in [-0.05, 0) is 63.5 Å². The van der Waals surface area contributed by atoms with Crippen molar-refractivity contribution in [3.05, 3.63) is 0 Å². The highest BCUT2D eigenvalue weighted by atomic mass is 79.9. The van der Waals surface area contributed by atoms with E-state index in [1.807, 2.05) is 0 Å². The lowest BCUT2D eigenvalue weighted by molar-refractivity contribution is -0.143. The molecule has 0 aromatic heterocycles. The van der Waals surface area contributed by atoms with E-state index in [4.69, 9.17) is 5.11 Å². The average molecular weight is 387 g/mol. The average Bonchev–Trinajstić information content (AvgIpc) is 2.56. The van der Waals surface area contributed by atoms with Crippen molar-refractivity contribution in [3.63, 3.8) is 0 Å². The maximum absolute atomic E-state index is 12.5. The highest BCUT2D eigenvalue weighted by Gasteiger charge is 2.49. The van der Waals surface area contributed by atoms with Crippen LogP contribution in [-0.4, -0.2) is 63.8 Å². The Morgan fingerprint density at radius 1 is 1.17 bits per heavy atom. The Morgan fingerprint density at radius 2 is 1.91 bits per heavy atom. The Kier molecular flexibility index (Phi) is 5.62. The third-order valence-electron chi connectivity index (χ3n) is 6.00. The molecule has 3 rings (SSSR count). The summed E-state index contributed by atoms with van der Waals surface area (Å²) < 4.78 is 0. The summed E-state index contributed by atoms with van der Waals surface area (Å²) >= 11 is 3.33. The molecule has 1 amide bonds. The standard InChI is InChI=1S/C17H27BrN2O3/c18-10-15(21)20-11-12-4-2-8-19-9-3-5-13(17(12)19)14(20)6-1-7-16(22)23/h12-14,17H,1-11H2,(H,22,23)/t12-,13-,14-,17+/m1/s1. The molecule has 0 saturated carbocycles. The van der Waals surface area contributed by atoms with E-state index in [-0.39, 0.29) is 18.4 Å². The number of carboxylic acid groups (broad SMARTS) is 1. The molecule has 5 nitrogen and oxygen atoms in total. The molecule has 6 heteroatoms. The summed E-state index contributed by atoms with van der Waals surface area (Å²) in [5, 5.41) is 9.30. The summed E-state index contributed by atoms with van der Waals surface area (Å²) in [7, 11) is 0. The van der Waals surface area contributed by atoms with Crippen molar-refractivity contribution in [1.82, 2.24) is 9.80 Å². The van der Waals surface area contributed by atoms with E-state index in [1.54, 1.807) is 0 Å². The van der Waals surface area contributed by atoms with Gasteiger partial charge in [0.2, 0.25) is 5.91 Å². The zero-order valence-electron chi connectivity index (χ0n) is 13.6. The highest BCUT2D eigenvalue weighted by Crippen LogP contribution is 2.43. The van der Waals surface area contributed by atoms with Crippen molar-refractivity contribution < 1.29 is 14.7 Å². The molecule has 0 spiro atoms. The van der Waals surface area contributed by atoms with Crippen LogP contribution < -0.4 is 0 Å². The first-order valence-electron chi connectivity index (χ1n) is 8.93. The predicted molar refractivity (Wildman–Crippen MR) is 91.6 cm³/mol. The fourth-order valence-corrected chi connectivity index (χ4v) is 5.51. The van der Waals surface area contributed by atoms with Crippen molar-refractivity contribution in [3.8, 4) is 0 Å². The van der Waals surface area contributed by atoms with E-state index in [1.165, 1.54) is 38.8 Å². The van der Waals surface area contributed by atoms with Gasteiger partial charge >= 0.3 is 5.97 Å². The molecule has 0 radical (unpaired) electrons. The van der Waals surface area contributed by atoms with Gasteiger partial charge in [0.25, 0.3) is 0 Å². The maximum atomic E-state index is 12.5. The number of hydrogen-bond donors (Lipinski definition) is 1. The van der Waals surface area contributed by atoms with Crippen molar-refractivity contribution in [2.75, 3.05) is 25.0 Å². The van der Waals surface area contributed by atoms with E-state index in [0.717, 1.165) is 13.0 Å². The summed E-state index contributed by atoms with van der Waals surface area (Å²) in [6.45, 7) is 3.26. The number of carbonyl (C=O) groups excluding carboxylic acids is 1. The molecule has 3 fully saturated rings. The molecule has 0 aliphatic carbocycles. The minimum Gasteiger partial charge on any atom is -0.481 e. The van der Waals surface area contributed by atoms with Crippen LogP contribution in [-0.2, 0) is 9.59 Å². The molecule has 3 saturated heterocycles. The van der Waals surface area contributed by atoms with Crippen LogP contribution in [0, 0.1) is 11.8 Å². The number of nitrogens with zero attached hydrogens (tertiary/aromatic N) is 2. The number of carboxylic acids is 1. The second-order valence-corrected chi connectivity index (χ2v) is 7.83. The van der Waals surface area contributed by atoms with Gasteiger partial charge in [0.05, 0.1) is 5.33 Å². The van der Waals surface area contributed by atoms with E-state index in [0.29, 0.717) is 29.6 Å². The predicted octanol–water partition coefficient (Wildman–Crippen LogP) is 2.34. The van der Waals surface area contributed by atoms with Gasteiger partial charge in [0.15, 0.2) is 0 Å². The maximum Gasteiger partial charge on any atom is 0.303 e. The molecular weight excluding hydrogens is 360 g/mol. The number of hydrogen-bond acceptors (Lipinski definition) is 3. The van der Waals surface area contributed by atoms with Crippen molar-refractivity contribution in [2.24, 2.45) is 11.8 Å². The van der Waals surface area contributed by atoms with Gasteiger partial charge in [-0.2, -0.15) is 0 Å². The van der Waals surface area contributed by atoms with Gasteiger partial charge in [-0.15, -0.1) is 0 Å². The zero-order valence-corrected chi connectivity index (χ0v) is 15.2. The van der Waals surface area contributed by atoms with E-state index >= 15 is 0 Å². The van der Waals surface area contributed by atoms with Gasteiger partial charge in [0, 0.05) is 25.0 Å². The lowest BCUT2D eigenvalue weighted by atomic mass is 9.69. The number of aliphatic carboxylic acids is 1. The van der Waals surface area contributed by atoms with Gasteiger partial charge in [-0.1, -0.05) is 15.9 Å². The first-order chi connectivity index (χ1) is 11.1. The van der Waals surface area contributed by atoms with Crippen LogP contribution in [0.3, 0.4) is 0 Å². The van der Waals surface area contributed by atoms with E-state index < -0.39 is 5.97 Å². The number of halogens is 1. The molecule has 3 heterocycles. The third-order valence-corrected chi connectivity index (χ3v) is 6.48. The molecule has 0 unspecified atom stereocenters. The summed E-state index contributed by atoms with van der Waals surface area (Å²) in [5.41, 5.74) is 0. The van der Waals surface area contributed by atoms with Crippen LogP contribution in [0.5, 0.6) is 0 Å². The van der Waals surface area contributed by atoms with Crippen LogP contribution in [0.25, 0.3) is 0 Å². The van der Waals surface area contributed by atoms with Gasteiger partial charge in [0.1, 0.15) is 0 Å². The second-order valence-electron chi connectivity index (χ2n) is 7.27. The molecule has 0 aromatic rings. The lowest BCUT2D eigenvalue weighted by Crippen LogP contribution is -2.65. The fourth-order valence-electron chi connectivity index (χ4n) is 5.19. The van der Waals surface area contributed by atoms with Crippen LogP contribution in [0.1, 0.15) is 44.9 Å². The monoisotopic (exact) mass is 386 g/mol. The van der Waals surface area contributed by atoms with Gasteiger partial charge in [-0.25, -0.2) is 0 Å². The Balaban J connectivity index is 1.78. The Hall–Kier alpha value is -0.620. The minimum absolute atomic E-state index is 0.173. The van der Waals surface area contributed by atoms with Crippen molar-refractivity contribution >= 4 is 27.8 Å². The van der Waals surface area contributed by atoms with Crippen LogP contribution in [0.4, 0.5) is 0 Å². The fraction of sp³-hybridized carbons (Fsp3) is 0.882. The Labute approximate surface area is 146 Å². The Morgan fingerprint density at radius 3 is 2.61 bits per heavy atom. The number of piperidine rings is 3. The van der Waals surface area contributed by atoms with Gasteiger partial charge < -0.3 is 10.0 Å². The van der Waals surface area contributed by atoms with Crippen LogP contribution in [0.15, 0.2) is 0 Å². The highest BCUT2D eigenvalue weighted by molar-refractivity contribution is 9.09. The van der Waals surface area contributed by atoms with Crippen LogP contribution >= 0.6 is 15.9 Å². The summed E-state index contributed by atoms with van der Waals surface area (Å²) in [4.78, 5) is 28.1. The lowest BCUT2D eigenvalue weighted by Gasteiger charge is -2.57. The van der Waals surface area contributed by atoms with Gasteiger partial charge in [-0.3, -0.25) is 14.5 Å². The number of carbonyl (C=O) groups is 2. The zero-order chi connectivity index (χ0) is 16.4. The molecule has 3 aliphatic rings. The topological polar surface area (TPSA) is 60.9 Å². The molecule has 0 bridgehead atoms. The molecular formula is C17H27BrN2O3. The smallest absolute Gasteiger partial charge is 0.303 e. The summed E-state index contributed by atoms with van der Waals surface area (Å²) in [5.74, 6) is 0.568. The molecule has 23 heavy (non-hydrogen) atoms. The molecule has 4 atom stereocenters. The number of amides is 1. The molecule has 130 valence electrons. The molecule has 0 aromatic carbocycles. The normalized spacial score (nSPS) is 34.0.